The fourth-order valence-corrected chi connectivity index (χ4v) is 2.96. The monoisotopic (exact) mass is 284 g/mol. The zero-order valence-corrected chi connectivity index (χ0v) is 11.4. The number of nitrogens with zero attached hydrogens (tertiary/aromatic N) is 2. The molecule has 1 unspecified atom stereocenters. The van der Waals surface area contributed by atoms with Gasteiger partial charge in [0.15, 0.2) is 11.6 Å². The van der Waals surface area contributed by atoms with E-state index in [1.807, 2.05) is 30.3 Å². The van der Waals surface area contributed by atoms with Gasteiger partial charge < -0.3 is 4.90 Å². The maximum Gasteiger partial charge on any atom is 0.150 e. The lowest BCUT2D eigenvalue weighted by molar-refractivity contribution is 0.565. The first-order valence-corrected chi connectivity index (χ1v) is 6.91. The number of rotatable bonds is 2. The molecule has 1 aliphatic heterocycles. The fraction of sp³-hybridized carbons (Fsp3) is 0.235. The third-order valence-corrected chi connectivity index (χ3v) is 3.87. The smallest absolute Gasteiger partial charge is 0.150 e. The van der Waals surface area contributed by atoms with Crippen LogP contribution in [0.3, 0.4) is 0 Å². The summed E-state index contributed by atoms with van der Waals surface area (Å²) in [5, 5.41) is 8.78. The molecule has 1 saturated heterocycles. The van der Waals surface area contributed by atoms with Crippen molar-refractivity contribution in [3.05, 3.63) is 65.2 Å². The zero-order chi connectivity index (χ0) is 14.8. The van der Waals surface area contributed by atoms with E-state index in [-0.39, 0.29) is 17.3 Å². The van der Waals surface area contributed by atoms with Gasteiger partial charge in [0.2, 0.25) is 0 Å². The van der Waals surface area contributed by atoms with Gasteiger partial charge in [-0.2, -0.15) is 5.26 Å². The number of halogens is 2. The highest BCUT2D eigenvalue weighted by Gasteiger charge is 2.30. The molecule has 0 saturated carbocycles. The van der Waals surface area contributed by atoms with Crippen molar-refractivity contribution in [3.8, 4) is 6.07 Å². The molecule has 0 aliphatic carbocycles. The molecule has 1 aliphatic rings. The number of hydrogen-bond donors (Lipinski definition) is 0. The first-order valence-electron chi connectivity index (χ1n) is 6.91. The van der Waals surface area contributed by atoms with Crippen LogP contribution >= 0.6 is 0 Å². The number of nitriles is 1. The summed E-state index contributed by atoms with van der Waals surface area (Å²) in [5.74, 6) is -1.34. The van der Waals surface area contributed by atoms with Gasteiger partial charge in [0, 0.05) is 6.54 Å². The fourth-order valence-electron chi connectivity index (χ4n) is 2.96. The van der Waals surface area contributed by atoms with Gasteiger partial charge in [-0.3, -0.25) is 0 Å². The van der Waals surface area contributed by atoms with Gasteiger partial charge >= 0.3 is 0 Å². The third kappa shape index (κ3) is 2.47. The van der Waals surface area contributed by atoms with E-state index in [0.717, 1.165) is 30.5 Å². The molecular weight excluding hydrogens is 270 g/mol. The van der Waals surface area contributed by atoms with Crippen molar-refractivity contribution >= 4 is 5.69 Å². The van der Waals surface area contributed by atoms with Crippen molar-refractivity contribution in [2.45, 2.75) is 18.9 Å². The molecule has 2 nitrogen and oxygen atoms in total. The predicted molar refractivity (Wildman–Crippen MR) is 76.8 cm³/mol. The summed E-state index contributed by atoms with van der Waals surface area (Å²) in [5.41, 5.74) is 1.03. The number of benzene rings is 2. The number of hydrogen-bond acceptors (Lipinski definition) is 2. The van der Waals surface area contributed by atoms with Crippen molar-refractivity contribution in [2.75, 3.05) is 11.4 Å². The van der Waals surface area contributed by atoms with E-state index in [1.165, 1.54) is 0 Å². The van der Waals surface area contributed by atoms with E-state index in [9.17, 15) is 8.78 Å². The Bertz CT molecular complexity index is 669. The zero-order valence-electron chi connectivity index (χ0n) is 11.4. The van der Waals surface area contributed by atoms with Crippen LogP contribution in [0.15, 0.2) is 42.5 Å². The van der Waals surface area contributed by atoms with Crippen LogP contribution in [-0.4, -0.2) is 6.54 Å². The quantitative estimate of drug-likeness (QED) is 0.827. The number of anilines is 1. The second-order valence-corrected chi connectivity index (χ2v) is 5.16. The predicted octanol–water partition coefficient (Wildman–Crippen LogP) is 4.18. The maximum atomic E-state index is 14.2. The summed E-state index contributed by atoms with van der Waals surface area (Å²) in [6.07, 6.45) is 1.75. The van der Waals surface area contributed by atoms with E-state index >= 15 is 0 Å². The standard InChI is InChI=1S/C17H14F2N2/c18-14-9-12(11-20)10-15(19)17(14)21-8-4-7-16(21)13-5-2-1-3-6-13/h1-3,5-6,9-10,16H,4,7-8H2. The molecular formula is C17H14F2N2. The molecule has 0 radical (unpaired) electrons. The van der Waals surface area contributed by atoms with Gasteiger partial charge in [-0.05, 0) is 30.5 Å². The lowest BCUT2D eigenvalue weighted by atomic mass is 10.0. The van der Waals surface area contributed by atoms with Crippen LogP contribution in [0.4, 0.5) is 14.5 Å². The van der Waals surface area contributed by atoms with Gasteiger partial charge in [0.05, 0.1) is 17.7 Å². The second-order valence-electron chi connectivity index (χ2n) is 5.16. The van der Waals surface area contributed by atoms with E-state index in [1.54, 1.807) is 11.0 Å². The van der Waals surface area contributed by atoms with Gasteiger partial charge in [0.25, 0.3) is 0 Å². The first kappa shape index (κ1) is 13.6. The molecule has 1 fully saturated rings. The largest absolute Gasteiger partial charge is 0.360 e. The molecule has 2 aromatic rings. The molecule has 0 amide bonds. The summed E-state index contributed by atoms with van der Waals surface area (Å²) in [7, 11) is 0. The summed E-state index contributed by atoms with van der Waals surface area (Å²) >= 11 is 0. The lowest BCUT2D eigenvalue weighted by Gasteiger charge is -2.28. The molecule has 4 heteroatoms. The summed E-state index contributed by atoms with van der Waals surface area (Å²) in [6.45, 7) is 0.610. The third-order valence-electron chi connectivity index (χ3n) is 3.87. The highest BCUT2D eigenvalue weighted by atomic mass is 19.1. The van der Waals surface area contributed by atoms with E-state index < -0.39 is 11.6 Å². The van der Waals surface area contributed by atoms with Gasteiger partial charge in [-0.25, -0.2) is 8.78 Å². The molecule has 21 heavy (non-hydrogen) atoms. The molecule has 0 aromatic heterocycles. The Labute approximate surface area is 122 Å². The van der Waals surface area contributed by atoms with Crippen LogP contribution in [0.1, 0.15) is 30.0 Å². The Morgan fingerprint density at radius 3 is 2.38 bits per heavy atom. The van der Waals surface area contributed by atoms with Crippen molar-refractivity contribution in [3.63, 3.8) is 0 Å². The molecule has 1 atom stereocenters. The van der Waals surface area contributed by atoms with Crippen LogP contribution in [-0.2, 0) is 0 Å². The molecule has 2 aromatic carbocycles. The molecule has 106 valence electrons. The summed E-state index contributed by atoms with van der Waals surface area (Å²) in [4.78, 5) is 1.77. The van der Waals surface area contributed by atoms with Crippen LogP contribution in [0.5, 0.6) is 0 Å². The van der Waals surface area contributed by atoms with E-state index in [2.05, 4.69) is 0 Å². The van der Waals surface area contributed by atoms with Crippen LogP contribution in [0, 0.1) is 23.0 Å². The molecule has 3 rings (SSSR count). The van der Waals surface area contributed by atoms with Gasteiger partial charge in [-0.15, -0.1) is 0 Å². The average Bonchev–Trinajstić information content (AvgIpc) is 2.96. The second kappa shape index (κ2) is 5.53. The lowest BCUT2D eigenvalue weighted by Crippen LogP contribution is -2.24. The minimum atomic E-state index is -0.672. The Hall–Kier alpha value is -2.41. The van der Waals surface area contributed by atoms with Crippen LogP contribution in [0.2, 0.25) is 0 Å². The van der Waals surface area contributed by atoms with Crippen molar-refractivity contribution < 1.29 is 8.78 Å². The molecule has 0 bridgehead atoms. The van der Waals surface area contributed by atoms with Crippen molar-refractivity contribution in [2.24, 2.45) is 0 Å². The molecule has 1 heterocycles. The van der Waals surface area contributed by atoms with Crippen LogP contribution < -0.4 is 4.90 Å². The summed E-state index contributed by atoms with van der Waals surface area (Å²) < 4.78 is 28.4. The Morgan fingerprint density at radius 1 is 1.10 bits per heavy atom. The topological polar surface area (TPSA) is 27.0 Å². The highest BCUT2D eigenvalue weighted by molar-refractivity contribution is 5.55. The van der Waals surface area contributed by atoms with E-state index in [4.69, 9.17) is 5.26 Å². The maximum absolute atomic E-state index is 14.2. The average molecular weight is 284 g/mol. The van der Waals surface area contributed by atoms with Gasteiger partial charge in [0.1, 0.15) is 5.69 Å². The Balaban J connectivity index is 2.02. The van der Waals surface area contributed by atoms with Gasteiger partial charge in [-0.1, -0.05) is 30.3 Å². The SMILES string of the molecule is N#Cc1cc(F)c(N2CCCC2c2ccccc2)c(F)c1. The minimum absolute atomic E-state index is 0.00390. The Morgan fingerprint density at radius 2 is 1.76 bits per heavy atom. The van der Waals surface area contributed by atoms with E-state index in [0.29, 0.717) is 6.54 Å². The highest BCUT2D eigenvalue weighted by Crippen LogP contribution is 2.38. The van der Waals surface area contributed by atoms with Crippen molar-refractivity contribution in [1.82, 2.24) is 0 Å². The van der Waals surface area contributed by atoms with Crippen LogP contribution in [0.25, 0.3) is 0 Å². The summed E-state index contributed by atoms with van der Waals surface area (Å²) in [6, 6.07) is 13.7. The Kier molecular flexibility index (Phi) is 3.57. The normalized spacial score (nSPS) is 17.8. The first-order chi connectivity index (χ1) is 10.2. The van der Waals surface area contributed by atoms with Crippen molar-refractivity contribution in [1.29, 1.82) is 5.26 Å². The minimum Gasteiger partial charge on any atom is -0.360 e. The molecule has 0 spiro atoms. The molecule has 0 N–H and O–H groups in total.